The Hall–Kier alpha value is -1.66. The number of imidazole rings is 1. The number of aryl methyl sites for hydroxylation is 1. The Balaban J connectivity index is 2.00. The molecule has 2 aromatic heterocycles. The maximum absolute atomic E-state index is 12.0. The molecule has 1 saturated heterocycles. The van der Waals surface area contributed by atoms with Gasteiger partial charge >= 0.3 is 7.82 Å². The van der Waals surface area contributed by atoms with Gasteiger partial charge in [-0.15, -0.1) is 0 Å². The van der Waals surface area contributed by atoms with E-state index in [0.717, 1.165) is 0 Å². The molecule has 0 spiro atoms. The molecule has 0 bridgehead atoms. The highest BCUT2D eigenvalue weighted by Crippen LogP contribution is 2.43. The van der Waals surface area contributed by atoms with Crippen LogP contribution in [0.25, 0.3) is 11.2 Å². The zero-order valence-electron chi connectivity index (χ0n) is 12.3. The van der Waals surface area contributed by atoms with Crippen LogP contribution in [-0.2, 0) is 20.9 Å². The summed E-state index contributed by atoms with van der Waals surface area (Å²) in [6, 6.07) is 0. The fourth-order valence-corrected chi connectivity index (χ4v) is 3.14. The van der Waals surface area contributed by atoms with Crippen molar-refractivity contribution in [3.05, 3.63) is 23.0 Å². The van der Waals surface area contributed by atoms with Gasteiger partial charge in [-0.2, -0.15) is 0 Å². The molecule has 3 rings (SSSR count). The van der Waals surface area contributed by atoms with Gasteiger partial charge in [0.25, 0.3) is 5.56 Å². The number of ether oxygens (including phenoxy) is 1. The fraction of sp³-hybridized carbons (Fsp3) is 0.545. The van der Waals surface area contributed by atoms with E-state index in [-0.39, 0.29) is 11.2 Å². The second kappa shape index (κ2) is 6.01. The highest BCUT2D eigenvalue weighted by Gasteiger charge is 2.48. The number of hydrogen-bond donors (Lipinski definition) is 4. The summed E-state index contributed by atoms with van der Waals surface area (Å²) >= 11 is 0. The molecule has 0 unspecified atom stereocenters. The molecule has 3 heterocycles. The van der Waals surface area contributed by atoms with Crippen LogP contribution < -0.4 is 5.56 Å². The zero-order valence-corrected chi connectivity index (χ0v) is 13.2. The second-order valence-electron chi connectivity index (χ2n) is 5.28. The van der Waals surface area contributed by atoms with Crippen LogP contribution in [-0.4, -0.2) is 64.0 Å². The third-order valence-corrected chi connectivity index (χ3v) is 4.18. The zero-order chi connectivity index (χ0) is 17.6. The summed E-state index contributed by atoms with van der Waals surface area (Å²) in [4.78, 5) is 37.8. The van der Waals surface area contributed by atoms with Crippen LogP contribution in [0.1, 0.15) is 6.23 Å². The summed E-state index contributed by atoms with van der Waals surface area (Å²) in [5.74, 6) is 0. The molecular weight excluding hydrogens is 347 g/mol. The third-order valence-electron chi connectivity index (χ3n) is 3.67. The van der Waals surface area contributed by atoms with Crippen LogP contribution in [0.3, 0.4) is 0 Å². The molecule has 0 amide bonds. The number of aromatic nitrogens is 4. The van der Waals surface area contributed by atoms with Gasteiger partial charge in [-0.3, -0.25) is 13.9 Å². The van der Waals surface area contributed by atoms with Gasteiger partial charge < -0.3 is 29.3 Å². The first kappa shape index (κ1) is 17.2. The van der Waals surface area contributed by atoms with Crippen LogP contribution in [0.2, 0.25) is 0 Å². The molecule has 12 nitrogen and oxygen atoms in total. The number of rotatable bonds is 4. The maximum atomic E-state index is 12.0. The minimum Gasteiger partial charge on any atom is -0.394 e. The van der Waals surface area contributed by atoms with Gasteiger partial charge in [-0.05, 0) is 0 Å². The number of fused-ring (bicyclic) bond motifs is 1. The molecule has 24 heavy (non-hydrogen) atoms. The van der Waals surface area contributed by atoms with Crippen LogP contribution in [0.4, 0.5) is 0 Å². The van der Waals surface area contributed by atoms with Crippen molar-refractivity contribution in [3.8, 4) is 0 Å². The topological polar surface area (TPSA) is 169 Å². The lowest BCUT2D eigenvalue weighted by Crippen LogP contribution is -2.35. The van der Waals surface area contributed by atoms with Crippen LogP contribution in [0, 0.1) is 0 Å². The number of nitrogens with zero attached hydrogens (tertiary/aromatic N) is 4. The Bertz CT molecular complexity index is 859. The fourth-order valence-electron chi connectivity index (χ4n) is 2.57. The van der Waals surface area contributed by atoms with Crippen molar-refractivity contribution in [2.24, 2.45) is 7.05 Å². The van der Waals surface area contributed by atoms with E-state index in [1.54, 1.807) is 0 Å². The van der Waals surface area contributed by atoms with Crippen LogP contribution >= 0.6 is 7.82 Å². The van der Waals surface area contributed by atoms with Crippen molar-refractivity contribution in [3.63, 3.8) is 0 Å². The number of phosphoric acid groups is 1. The highest BCUT2D eigenvalue weighted by atomic mass is 31.2. The molecule has 4 atom stereocenters. The van der Waals surface area contributed by atoms with Gasteiger partial charge in [0.1, 0.15) is 18.3 Å². The molecule has 2 aromatic rings. The predicted molar refractivity (Wildman–Crippen MR) is 76.7 cm³/mol. The molecule has 0 radical (unpaired) electrons. The number of aliphatic hydroxyl groups excluding tert-OH is 2. The number of phosphoric ester groups is 1. The van der Waals surface area contributed by atoms with Crippen molar-refractivity contribution < 1.29 is 33.8 Å². The van der Waals surface area contributed by atoms with Crippen molar-refractivity contribution in [1.29, 1.82) is 0 Å². The van der Waals surface area contributed by atoms with E-state index in [4.69, 9.17) is 14.5 Å². The second-order valence-corrected chi connectivity index (χ2v) is 6.48. The normalized spacial score (nSPS) is 27.9. The van der Waals surface area contributed by atoms with E-state index in [2.05, 4.69) is 14.5 Å². The summed E-state index contributed by atoms with van der Waals surface area (Å²) in [5.41, 5.74) is -0.251. The first-order valence-corrected chi connectivity index (χ1v) is 8.32. The Morgan fingerprint density at radius 2 is 2.08 bits per heavy atom. The van der Waals surface area contributed by atoms with Crippen molar-refractivity contribution >= 4 is 19.0 Å². The van der Waals surface area contributed by atoms with E-state index in [1.165, 1.54) is 28.8 Å². The number of hydrogen-bond acceptors (Lipinski definition) is 8. The van der Waals surface area contributed by atoms with Gasteiger partial charge in [0.05, 0.1) is 19.3 Å². The molecule has 132 valence electrons. The molecular formula is C11H15N4O8P. The average molecular weight is 362 g/mol. The lowest BCUT2D eigenvalue weighted by Gasteiger charge is -2.20. The first-order valence-electron chi connectivity index (χ1n) is 6.79. The summed E-state index contributed by atoms with van der Waals surface area (Å²) in [5, 5.41) is 19.6. The standard InChI is InChI=1S/C11H15N4O8P/c1-14-3-13-9-6(10(14)18)12-4-15(9)11-7(17)8(5(2-16)22-11)23-24(19,20)21/h3-5,7-8,11,16-17H,2H2,1H3,(H2,19,20,21)/t5-,7-,8-,11-/m1/s1. The van der Waals surface area contributed by atoms with Crippen LogP contribution in [0.5, 0.6) is 0 Å². The van der Waals surface area contributed by atoms with Crippen molar-refractivity contribution in [2.45, 2.75) is 24.5 Å². The minimum absolute atomic E-state index is 0.0377. The predicted octanol–water partition coefficient (Wildman–Crippen LogP) is -2.14. The quantitative estimate of drug-likeness (QED) is 0.440. The molecule has 13 heteroatoms. The minimum atomic E-state index is -4.91. The van der Waals surface area contributed by atoms with Gasteiger partial charge in [0.15, 0.2) is 17.4 Å². The smallest absolute Gasteiger partial charge is 0.394 e. The summed E-state index contributed by atoms with van der Waals surface area (Å²) in [6.45, 7) is -0.639. The van der Waals surface area contributed by atoms with Gasteiger partial charge in [0, 0.05) is 7.05 Å². The molecule has 0 aliphatic carbocycles. The van der Waals surface area contributed by atoms with E-state index >= 15 is 0 Å². The largest absolute Gasteiger partial charge is 0.470 e. The molecule has 4 N–H and O–H groups in total. The molecule has 0 aromatic carbocycles. The lowest BCUT2D eigenvalue weighted by molar-refractivity contribution is -0.0509. The summed E-state index contributed by atoms with van der Waals surface area (Å²) in [6.07, 6.45) is -2.90. The lowest BCUT2D eigenvalue weighted by atomic mass is 10.1. The van der Waals surface area contributed by atoms with E-state index in [0.29, 0.717) is 0 Å². The SMILES string of the molecule is Cn1cnc2c(ncn2[C@@H]2O[C@H](CO)[C@@H](OP(=O)(O)O)[C@H]2O)c1=O. The monoisotopic (exact) mass is 362 g/mol. The summed E-state index contributed by atoms with van der Waals surface area (Å²) < 4.78 is 23.4. The first-order chi connectivity index (χ1) is 11.2. The average Bonchev–Trinajstić information content (AvgIpc) is 3.04. The van der Waals surface area contributed by atoms with Gasteiger partial charge in [0.2, 0.25) is 0 Å². The Kier molecular flexibility index (Phi) is 4.30. The van der Waals surface area contributed by atoms with Gasteiger partial charge in [-0.25, -0.2) is 14.5 Å². The Labute approximate surface area is 134 Å². The Morgan fingerprint density at radius 3 is 2.71 bits per heavy atom. The molecule has 1 aliphatic heterocycles. The van der Waals surface area contributed by atoms with E-state index < -0.39 is 44.5 Å². The molecule has 1 fully saturated rings. The van der Waals surface area contributed by atoms with Crippen LogP contribution in [0.15, 0.2) is 17.4 Å². The van der Waals surface area contributed by atoms with E-state index in [1.807, 2.05) is 0 Å². The number of aliphatic hydroxyl groups is 2. The van der Waals surface area contributed by atoms with Gasteiger partial charge in [-0.1, -0.05) is 0 Å². The third kappa shape index (κ3) is 2.89. The maximum Gasteiger partial charge on any atom is 0.470 e. The Morgan fingerprint density at radius 1 is 1.38 bits per heavy atom. The summed E-state index contributed by atoms with van der Waals surface area (Å²) in [7, 11) is -3.41. The highest BCUT2D eigenvalue weighted by molar-refractivity contribution is 7.46. The molecule has 0 saturated carbocycles. The van der Waals surface area contributed by atoms with Crippen molar-refractivity contribution in [2.75, 3.05) is 6.61 Å². The van der Waals surface area contributed by atoms with Crippen molar-refractivity contribution in [1.82, 2.24) is 19.1 Å². The van der Waals surface area contributed by atoms with E-state index in [9.17, 15) is 19.6 Å². The molecule has 1 aliphatic rings.